The van der Waals surface area contributed by atoms with Crippen LogP contribution in [0.3, 0.4) is 0 Å². The van der Waals surface area contributed by atoms with E-state index in [-0.39, 0.29) is 0 Å². The molecule has 1 aromatic rings. The maximum Gasteiger partial charge on any atom is 0.0385 e. The first-order chi connectivity index (χ1) is 10.1. The fourth-order valence-corrected chi connectivity index (χ4v) is 7.24. The van der Waals surface area contributed by atoms with Gasteiger partial charge in [-0.05, 0) is 96.5 Å². The summed E-state index contributed by atoms with van der Waals surface area (Å²) in [6.45, 7) is 6.04. The van der Waals surface area contributed by atoms with E-state index < -0.39 is 0 Å². The molecule has 0 aromatic carbocycles. The van der Waals surface area contributed by atoms with Crippen molar-refractivity contribution in [3.8, 4) is 0 Å². The van der Waals surface area contributed by atoms with Gasteiger partial charge in [-0.25, -0.2) is 0 Å². The van der Waals surface area contributed by atoms with Crippen molar-refractivity contribution in [3.05, 3.63) is 22.4 Å². The molecule has 21 heavy (non-hydrogen) atoms. The maximum atomic E-state index is 3.95. The first kappa shape index (κ1) is 14.3. The van der Waals surface area contributed by atoms with Crippen molar-refractivity contribution in [2.45, 2.75) is 64.8 Å². The summed E-state index contributed by atoms with van der Waals surface area (Å²) in [5.74, 6) is 2.03. The smallest absolute Gasteiger partial charge is 0.0385 e. The molecule has 0 amide bonds. The van der Waals surface area contributed by atoms with Crippen LogP contribution in [-0.2, 0) is 0 Å². The molecule has 5 rings (SSSR count). The van der Waals surface area contributed by atoms with Crippen molar-refractivity contribution in [2.24, 2.45) is 22.7 Å². The molecule has 0 radical (unpaired) electrons. The van der Waals surface area contributed by atoms with Crippen LogP contribution in [0, 0.1) is 22.7 Å². The Labute approximate surface area is 133 Å². The number of rotatable bonds is 5. The molecule has 0 saturated heterocycles. The van der Waals surface area contributed by atoms with Crippen molar-refractivity contribution in [3.63, 3.8) is 0 Å². The summed E-state index contributed by atoms with van der Waals surface area (Å²) in [7, 11) is 0. The molecule has 1 nitrogen and oxygen atoms in total. The highest BCUT2D eigenvalue weighted by Gasteiger charge is 2.58. The molecule has 2 heteroatoms. The van der Waals surface area contributed by atoms with Crippen LogP contribution in [-0.4, -0.2) is 6.54 Å². The third-order valence-corrected chi connectivity index (χ3v) is 7.19. The number of hydrogen-bond acceptors (Lipinski definition) is 2. The van der Waals surface area contributed by atoms with Gasteiger partial charge in [-0.15, -0.1) is 0 Å². The largest absolute Gasteiger partial charge is 0.309 e. The molecular formula is C19H29NS. The molecule has 4 aliphatic rings. The molecule has 0 spiro atoms. The average molecular weight is 304 g/mol. The lowest BCUT2D eigenvalue weighted by atomic mass is 9.43. The molecule has 4 saturated carbocycles. The molecule has 3 atom stereocenters. The molecule has 1 heterocycles. The quantitative estimate of drug-likeness (QED) is 0.768. The van der Waals surface area contributed by atoms with E-state index in [4.69, 9.17) is 0 Å². The second-order valence-corrected chi connectivity index (χ2v) is 9.36. The predicted octanol–water partition coefficient (Wildman–Crippen LogP) is 5.40. The highest BCUT2D eigenvalue weighted by molar-refractivity contribution is 7.07. The Hall–Kier alpha value is -0.340. The van der Waals surface area contributed by atoms with E-state index in [0.717, 1.165) is 18.4 Å². The number of nitrogens with one attached hydrogen (secondary N) is 1. The first-order valence-electron chi connectivity index (χ1n) is 8.88. The average Bonchev–Trinajstić information content (AvgIpc) is 2.89. The lowest BCUT2D eigenvalue weighted by Crippen LogP contribution is -2.55. The lowest BCUT2D eigenvalue weighted by molar-refractivity contribution is -0.119. The topological polar surface area (TPSA) is 12.0 Å². The monoisotopic (exact) mass is 303 g/mol. The van der Waals surface area contributed by atoms with Gasteiger partial charge in [-0.1, -0.05) is 13.8 Å². The van der Waals surface area contributed by atoms with E-state index in [0.29, 0.717) is 16.9 Å². The minimum Gasteiger partial charge on any atom is -0.309 e. The molecule has 116 valence electrons. The minimum atomic E-state index is 0.551. The van der Waals surface area contributed by atoms with Crippen LogP contribution in [0.1, 0.15) is 70.4 Å². The fraction of sp³-hybridized carbons (Fsp3) is 0.789. The summed E-state index contributed by atoms with van der Waals surface area (Å²) in [6, 6.07) is 2.98. The second-order valence-electron chi connectivity index (χ2n) is 8.58. The third kappa shape index (κ3) is 2.39. The normalized spacial score (nSPS) is 42.4. The van der Waals surface area contributed by atoms with Gasteiger partial charge in [-0.3, -0.25) is 0 Å². The van der Waals surface area contributed by atoms with Crippen molar-refractivity contribution in [1.82, 2.24) is 5.32 Å². The highest BCUT2D eigenvalue weighted by atomic mass is 32.1. The predicted molar refractivity (Wildman–Crippen MR) is 90.6 cm³/mol. The zero-order valence-corrected chi connectivity index (χ0v) is 14.3. The molecule has 4 bridgehead atoms. The highest BCUT2D eigenvalue weighted by Crippen LogP contribution is 2.68. The van der Waals surface area contributed by atoms with Crippen LogP contribution in [0.25, 0.3) is 0 Å². The molecule has 4 aliphatic carbocycles. The summed E-state index contributed by atoms with van der Waals surface area (Å²) in [5, 5.41) is 8.61. The molecule has 0 aliphatic heterocycles. The van der Waals surface area contributed by atoms with Gasteiger partial charge >= 0.3 is 0 Å². The second kappa shape index (κ2) is 5.09. The zero-order valence-electron chi connectivity index (χ0n) is 13.5. The van der Waals surface area contributed by atoms with Crippen LogP contribution in [0.2, 0.25) is 0 Å². The van der Waals surface area contributed by atoms with E-state index in [2.05, 4.69) is 36.0 Å². The Kier molecular flexibility index (Phi) is 3.46. The summed E-state index contributed by atoms with van der Waals surface area (Å²) in [4.78, 5) is 0. The van der Waals surface area contributed by atoms with Crippen LogP contribution in [0.15, 0.2) is 16.8 Å². The lowest BCUT2D eigenvalue weighted by Gasteiger charge is -2.63. The standard InChI is InChI=1S/C19H29NS/c1-3-5-20-17(16-4-6-21-12-16)19-10-14-7-15(11-19)9-18(2,8-14)13-19/h4,6,12,14-15,17,20H,3,5,7-11,13H2,1-2H3. The van der Waals surface area contributed by atoms with Gasteiger partial charge in [-0.2, -0.15) is 11.3 Å². The van der Waals surface area contributed by atoms with Gasteiger partial charge in [0.15, 0.2) is 0 Å². The molecule has 1 N–H and O–H groups in total. The summed E-state index contributed by atoms with van der Waals surface area (Å²) in [6.07, 6.45) is 10.2. The van der Waals surface area contributed by atoms with Gasteiger partial charge in [0, 0.05) is 6.04 Å². The van der Waals surface area contributed by atoms with Crippen LogP contribution in [0.4, 0.5) is 0 Å². The number of hydrogen-bond donors (Lipinski definition) is 1. The van der Waals surface area contributed by atoms with Gasteiger partial charge in [0.1, 0.15) is 0 Å². The van der Waals surface area contributed by atoms with Crippen LogP contribution in [0.5, 0.6) is 0 Å². The molecular weight excluding hydrogens is 274 g/mol. The van der Waals surface area contributed by atoms with Gasteiger partial charge in [0.25, 0.3) is 0 Å². The van der Waals surface area contributed by atoms with Crippen LogP contribution >= 0.6 is 11.3 Å². The summed E-state index contributed by atoms with van der Waals surface area (Å²) >= 11 is 1.86. The van der Waals surface area contributed by atoms with E-state index in [1.54, 1.807) is 5.56 Å². The Morgan fingerprint density at radius 3 is 2.62 bits per heavy atom. The zero-order chi connectivity index (χ0) is 14.5. The van der Waals surface area contributed by atoms with Crippen molar-refractivity contribution in [2.75, 3.05) is 6.54 Å². The summed E-state index contributed by atoms with van der Waals surface area (Å²) < 4.78 is 0. The van der Waals surface area contributed by atoms with E-state index in [1.807, 2.05) is 11.3 Å². The van der Waals surface area contributed by atoms with Gasteiger partial charge < -0.3 is 5.32 Å². The van der Waals surface area contributed by atoms with E-state index in [1.165, 1.54) is 44.9 Å². The van der Waals surface area contributed by atoms with Crippen molar-refractivity contribution in [1.29, 1.82) is 0 Å². The minimum absolute atomic E-state index is 0.551. The van der Waals surface area contributed by atoms with E-state index >= 15 is 0 Å². The van der Waals surface area contributed by atoms with Gasteiger partial charge in [0.05, 0.1) is 0 Å². The van der Waals surface area contributed by atoms with Crippen molar-refractivity contribution < 1.29 is 0 Å². The maximum absolute atomic E-state index is 3.95. The Bertz CT molecular complexity index is 478. The number of thiophene rings is 1. The fourth-order valence-electron chi connectivity index (χ4n) is 6.55. The van der Waals surface area contributed by atoms with Crippen molar-refractivity contribution >= 4 is 11.3 Å². The Balaban J connectivity index is 1.68. The first-order valence-corrected chi connectivity index (χ1v) is 9.82. The third-order valence-electron chi connectivity index (χ3n) is 6.49. The Morgan fingerprint density at radius 1 is 1.29 bits per heavy atom. The SMILES string of the molecule is CCCNC(c1ccsc1)C12CC3CC(CC(C)(C3)C1)C2. The Morgan fingerprint density at radius 2 is 2.05 bits per heavy atom. The van der Waals surface area contributed by atoms with Gasteiger partial charge in [0.2, 0.25) is 0 Å². The molecule has 1 aromatic heterocycles. The molecule has 4 fully saturated rings. The van der Waals surface area contributed by atoms with E-state index in [9.17, 15) is 0 Å². The molecule has 3 unspecified atom stereocenters. The van der Waals surface area contributed by atoms with Crippen LogP contribution < -0.4 is 5.32 Å². The summed E-state index contributed by atoms with van der Waals surface area (Å²) in [5.41, 5.74) is 2.76.